The summed E-state index contributed by atoms with van der Waals surface area (Å²) in [6, 6.07) is 5.14. The highest BCUT2D eigenvalue weighted by Gasteiger charge is 2.18. The average molecular weight is 378 g/mol. The van der Waals surface area contributed by atoms with Crippen LogP contribution in [-0.4, -0.2) is 42.0 Å². The molecule has 4 aromatic heterocycles. The molecule has 1 atom stereocenters. The highest BCUT2D eigenvalue weighted by Crippen LogP contribution is 2.17. The van der Waals surface area contributed by atoms with Gasteiger partial charge in [0.1, 0.15) is 5.82 Å². The van der Waals surface area contributed by atoms with Crippen LogP contribution in [0.5, 0.6) is 0 Å². The first kappa shape index (κ1) is 16.8. The summed E-state index contributed by atoms with van der Waals surface area (Å²) in [5, 5.41) is 7.52. The molecule has 5 heterocycles. The van der Waals surface area contributed by atoms with Crippen LogP contribution in [-0.2, 0) is 11.3 Å². The topological polar surface area (TPSA) is 108 Å². The van der Waals surface area contributed by atoms with E-state index in [2.05, 4.69) is 20.2 Å². The molecule has 9 heteroatoms. The Hall–Kier alpha value is -3.33. The zero-order valence-corrected chi connectivity index (χ0v) is 15.3. The van der Waals surface area contributed by atoms with Gasteiger partial charge in [0.05, 0.1) is 34.5 Å². The number of rotatable bonds is 3. The molecule has 1 fully saturated rings. The number of fused-ring (bicyclic) bond motifs is 2. The fourth-order valence-electron chi connectivity index (χ4n) is 3.61. The number of ether oxygens (including phenoxy) is 1. The van der Waals surface area contributed by atoms with Crippen molar-refractivity contribution < 1.29 is 4.74 Å². The number of nitrogens with one attached hydrogen (secondary N) is 1. The number of nitrogens with zero attached hydrogens (tertiary/aromatic N) is 5. The number of aromatic amines is 1. The van der Waals surface area contributed by atoms with Crippen molar-refractivity contribution in [3.63, 3.8) is 0 Å². The van der Waals surface area contributed by atoms with Crippen LogP contribution in [0.3, 0.4) is 0 Å². The third kappa shape index (κ3) is 2.71. The van der Waals surface area contributed by atoms with Gasteiger partial charge >= 0.3 is 0 Å². The van der Waals surface area contributed by atoms with Crippen molar-refractivity contribution >= 4 is 21.8 Å². The summed E-state index contributed by atoms with van der Waals surface area (Å²) in [5.41, 5.74) is 0.593. The average Bonchev–Trinajstić information content (AvgIpc) is 3.35. The van der Waals surface area contributed by atoms with Gasteiger partial charge in [-0.1, -0.05) is 0 Å². The minimum Gasteiger partial charge on any atom is -0.376 e. The number of hydrogen-bond acceptors (Lipinski definition) is 6. The van der Waals surface area contributed by atoms with Gasteiger partial charge in [0.25, 0.3) is 17.1 Å². The van der Waals surface area contributed by atoms with Gasteiger partial charge in [0.2, 0.25) is 0 Å². The van der Waals surface area contributed by atoms with Gasteiger partial charge in [-0.25, -0.2) is 9.55 Å². The molecule has 4 aromatic rings. The monoisotopic (exact) mass is 378 g/mol. The van der Waals surface area contributed by atoms with Crippen LogP contribution >= 0.6 is 0 Å². The third-order valence-corrected chi connectivity index (χ3v) is 5.04. The first-order valence-electron chi connectivity index (χ1n) is 9.17. The second kappa shape index (κ2) is 6.38. The van der Waals surface area contributed by atoms with Gasteiger partial charge in [-0.3, -0.25) is 14.7 Å². The summed E-state index contributed by atoms with van der Waals surface area (Å²) in [5.74, 6) is 0.865. The predicted octanol–water partition coefficient (Wildman–Crippen LogP) is 1.31. The fraction of sp³-hybridized carbons (Fsp3) is 0.316. The number of aryl methyl sites for hydroxylation is 1. The number of aromatic nitrogens is 6. The summed E-state index contributed by atoms with van der Waals surface area (Å²) < 4.78 is 8.61. The van der Waals surface area contributed by atoms with Gasteiger partial charge in [0, 0.05) is 19.0 Å². The minimum atomic E-state index is -0.320. The van der Waals surface area contributed by atoms with Crippen molar-refractivity contribution in [2.45, 2.75) is 32.4 Å². The van der Waals surface area contributed by atoms with Crippen molar-refractivity contribution in [3.05, 3.63) is 57.1 Å². The second-order valence-corrected chi connectivity index (χ2v) is 6.97. The molecular formula is C19H18N6O3. The Balaban J connectivity index is 1.67. The summed E-state index contributed by atoms with van der Waals surface area (Å²) in [7, 11) is 0. The Morgan fingerprint density at radius 3 is 2.64 bits per heavy atom. The standard InChI is InChI=1S/C19H18N6O3/c1-11-20-19(23-22-11)25-7-5-16-14(18(25)27)9-13-15(21-16)4-6-24(17(13)26)10-12-3-2-8-28-12/h4-7,9,12H,2-3,8,10H2,1H3,(H,20,22,23)/t12-/m0/s1. The van der Waals surface area contributed by atoms with E-state index in [1.54, 1.807) is 42.1 Å². The number of H-pyrrole nitrogens is 1. The van der Waals surface area contributed by atoms with Crippen molar-refractivity contribution in [1.82, 2.24) is 29.3 Å². The molecule has 9 nitrogen and oxygen atoms in total. The number of pyridine rings is 3. The quantitative estimate of drug-likeness (QED) is 0.539. The maximum atomic E-state index is 13.0. The van der Waals surface area contributed by atoms with E-state index < -0.39 is 0 Å². The lowest BCUT2D eigenvalue weighted by Crippen LogP contribution is -2.26. The van der Waals surface area contributed by atoms with Crippen molar-refractivity contribution in [3.8, 4) is 5.95 Å². The van der Waals surface area contributed by atoms with Gasteiger partial charge in [-0.2, -0.15) is 4.98 Å². The summed E-state index contributed by atoms with van der Waals surface area (Å²) in [6.45, 7) is 3.00. The van der Waals surface area contributed by atoms with E-state index >= 15 is 0 Å². The van der Waals surface area contributed by atoms with E-state index in [0.717, 1.165) is 19.4 Å². The summed E-state index contributed by atoms with van der Waals surface area (Å²) >= 11 is 0. The van der Waals surface area contributed by atoms with Crippen LogP contribution in [0, 0.1) is 6.92 Å². The molecule has 0 amide bonds. The Morgan fingerprint density at radius 2 is 1.93 bits per heavy atom. The zero-order valence-electron chi connectivity index (χ0n) is 15.3. The molecule has 1 saturated heterocycles. The molecule has 0 unspecified atom stereocenters. The number of hydrogen-bond donors (Lipinski definition) is 1. The van der Waals surface area contributed by atoms with Crippen LogP contribution in [0.25, 0.3) is 27.8 Å². The Labute approximate surface area is 158 Å². The van der Waals surface area contributed by atoms with Crippen LogP contribution < -0.4 is 11.1 Å². The largest absolute Gasteiger partial charge is 0.376 e. The van der Waals surface area contributed by atoms with Gasteiger partial charge < -0.3 is 9.30 Å². The molecule has 0 radical (unpaired) electrons. The molecule has 5 rings (SSSR count). The molecule has 1 aliphatic rings. The Bertz CT molecular complexity index is 1310. The van der Waals surface area contributed by atoms with Gasteiger partial charge in [0.15, 0.2) is 0 Å². The molecule has 28 heavy (non-hydrogen) atoms. The van der Waals surface area contributed by atoms with E-state index in [4.69, 9.17) is 4.74 Å². The second-order valence-electron chi connectivity index (χ2n) is 6.97. The third-order valence-electron chi connectivity index (χ3n) is 5.04. The van der Waals surface area contributed by atoms with E-state index in [9.17, 15) is 9.59 Å². The maximum Gasteiger partial charge on any atom is 0.267 e. The molecule has 0 saturated carbocycles. The van der Waals surface area contributed by atoms with Crippen molar-refractivity contribution in [1.29, 1.82) is 0 Å². The van der Waals surface area contributed by atoms with E-state index in [0.29, 0.717) is 34.2 Å². The fourth-order valence-corrected chi connectivity index (χ4v) is 3.61. The Kier molecular flexibility index (Phi) is 3.83. The summed E-state index contributed by atoms with van der Waals surface area (Å²) in [6.07, 6.45) is 5.34. The highest BCUT2D eigenvalue weighted by molar-refractivity contribution is 5.91. The van der Waals surface area contributed by atoms with E-state index in [-0.39, 0.29) is 23.2 Å². The Morgan fingerprint density at radius 1 is 1.14 bits per heavy atom. The van der Waals surface area contributed by atoms with Gasteiger partial charge in [-0.05, 0) is 38.0 Å². The normalized spacial score (nSPS) is 17.0. The molecule has 0 bridgehead atoms. The molecule has 0 aliphatic carbocycles. The minimum absolute atomic E-state index is 0.0507. The van der Waals surface area contributed by atoms with Crippen LogP contribution in [0.2, 0.25) is 0 Å². The molecular weight excluding hydrogens is 360 g/mol. The van der Waals surface area contributed by atoms with Crippen molar-refractivity contribution in [2.24, 2.45) is 0 Å². The zero-order chi connectivity index (χ0) is 19.3. The van der Waals surface area contributed by atoms with Crippen LogP contribution in [0.1, 0.15) is 18.7 Å². The maximum absolute atomic E-state index is 13.0. The van der Waals surface area contributed by atoms with Crippen LogP contribution in [0.4, 0.5) is 0 Å². The van der Waals surface area contributed by atoms with Crippen molar-refractivity contribution in [2.75, 3.05) is 6.61 Å². The van der Waals surface area contributed by atoms with E-state index in [1.807, 2.05) is 0 Å². The molecule has 0 aromatic carbocycles. The summed E-state index contributed by atoms with van der Waals surface area (Å²) in [4.78, 5) is 34.6. The smallest absolute Gasteiger partial charge is 0.267 e. The van der Waals surface area contributed by atoms with Crippen LogP contribution in [0.15, 0.2) is 40.2 Å². The molecule has 1 N–H and O–H groups in total. The molecule has 1 aliphatic heterocycles. The highest BCUT2D eigenvalue weighted by atomic mass is 16.5. The first-order chi connectivity index (χ1) is 13.6. The predicted molar refractivity (Wildman–Crippen MR) is 103 cm³/mol. The van der Waals surface area contributed by atoms with E-state index in [1.165, 1.54) is 4.57 Å². The first-order valence-corrected chi connectivity index (χ1v) is 9.17. The lowest BCUT2D eigenvalue weighted by molar-refractivity contribution is 0.0963. The molecule has 142 valence electrons. The lowest BCUT2D eigenvalue weighted by atomic mass is 10.2. The lowest BCUT2D eigenvalue weighted by Gasteiger charge is -2.12. The molecule has 0 spiro atoms. The SMILES string of the molecule is Cc1nc(-n2ccc3nc4ccn(C[C@@H]5CCCO5)c(=O)c4cc3c2=O)n[nH]1. The van der Waals surface area contributed by atoms with Gasteiger partial charge in [-0.15, -0.1) is 5.10 Å².